The van der Waals surface area contributed by atoms with Gasteiger partial charge in [-0.1, -0.05) is 12.8 Å². The van der Waals surface area contributed by atoms with Gasteiger partial charge in [-0.2, -0.15) is 0 Å². The Bertz CT molecular complexity index is 702. The summed E-state index contributed by atoms with van der Waals surface area (Å²) < 4.78 is 5.12. The summed E-state index contributed by atoms with van der Waals surface area (Å²) in [7, 11) is 0. The van der Waals surface area contributed by atoms with E-state index in [9.17, 15) is 14.4 Å². The summed E-state index contributed by atoms with van der Waals surface area (Å²) in [4.78, 5) is 40.6. The summed E-state index contributed by atoms with van der Waals surface area (Å²) in [6, 6.07) is 0. The van der Waals surface area contributed by atoms with Crippen molar-refractivity contribution in [1.29, 1.82) is 0 Å². The Hall–Kier alpha value is -1.89. The highest BCUT2D eigenvalue weighted by Gasteiger charge is 2.32. The first-order valence-corrected chi connectivity index (χ1v) is 10.3. The largest absolute Gasteiger partial charge is 0.466 e. The van der Waals surface area contributed by atoms with E-state index in [-0.39, 0.29) is 11.9 Å². The highest BCUT2D eigenvalue weighted by atomic mass is 16.5. The van der Waals surface area contributed by atoms with Crippen LogP contribution in [0, 0.1) is 5.92 Å². The van der Waals surface area contributed by atoms with Crippen LogP contribution in [0.3, 0.4) is 0 Å². The first-order valence-electron chi connectivity index (χ1n) is 10.3. The average molecular weight is 377 g/mol. The minimum atomic E-state index is -0.434. The average Bonchev–Trinajstić information content (AvgIpc) is 2.96. The van der Waals surface area contributed by atoms with Crippen LogP contribution in [-0.2, 0) is 9.53 Å². The zero-order valence-corrected chi connectivity index (χ0v) is 16.3. The summed E-state index contributed by atoms with van der Waals surface area (Å²) >= 11 is 0. The predicted molar refractivity (Wildman–Crippen MR) is 106 cm³/mol. The van der Waals surface area contributed by atoms with Gasteiger partial charge in [0.05, 0.1) is 12.5 Å². The topological polar surface area (TPSA) is 79.0 Å². The lowest BCUT2D eigenvalue weighted by Gasteiger charge is -2.34. The van der Waals surface area contributed by atoms with E-state index in [4.69, 9.17) is 4.74 Å². The maximum atomic E-state index is 12.2. The van der Waals surface area contributed by atoms with E-state index in [0.717, 1.165) is 32.5 Å². The normalized spacial score (nSPS) is 21.8. The van der Waals surface area contributed by atoms with Crippen LogP contribution < -0.4 is 21.1 Å². The Balaban J connectivity index is 1.58. The SMILES string of the molecule is CCOC(=O)[C@H]1CCCN(c2c(NCCN3CCCCCC3)c(=O)c2=O)C1. The van der Waals surface area contributed by atoms with Gasteiger partial charge >= 0.3 is 5.97 Å². The number of hydrogen-bond donors (Lipinski definition) is 1. The van der Waals surface area contributed by atoms with Gasteiger partial charge in [-0.05, 0) is 45.7 Å². The minimum absolute atomic E-state index is 0.212. The van der Waals surface area contributed by atoms with Gasteiger partial charge in [0.15, 0.2) is 0 Å². The van der Waals surface area contributed by atoms with Crippen LogP contribution in [0.1, 0.15) is 45.4 Å². The number of nitrogens with zero attached hydrogens (tertiary/aromatic N) is 2. The second-order valence-corrected chi connectivity index (χ2v) is 7.60. The first kappa shape index (κ1) is 19.9. The molecule has 0 amide bonds. The lowest BCUT2D eigenvalue weighted by atomic mass is 9.96. The molecular formula is C20H31N3O4. The highest BCUT2D eigenvalue weighted by molar-refractivity contribution is 5.78. The summed E-state index contributed by atoms with van der Waals surface area (Å²) in [5.41, 5.74) is 0.0279. The number of anilines is 2. The summed E-state index contributed by atoms with van der Waals surface area (Å²) in [6.45, 7) is 7.05. The van der Waals surface area contributed by atoms with Crippen LogP contribution in [0.4, 0.5) is 11.4 Å². The number of ether oxygens (including phenoxy) is 1. The quantitative estimate of drug-likeness (QED) is 0.568. The number of esters is 1. The third kappa shape index (κ3) is 4.69. The van der Waals surface area contributed by atoms with Crippen molar-refractivity contribution in [2.24, 2.45) is 5.92 Å². The van der Waals surface area contributed by atoms with Crippen molar-refractivity contribution in [3.05, 3.63) is 20.4 Å². The highest BCUT2D eigenvalue weighted by Crippen LogP contribution is 2.27. The van der Waals surface area contributed by atoms with Crippen molar-refractivity contribution < 1.29 is 9.53 Å². The molecule has 0 spiro atoms. The maximum absolute atomic E-state index is 12.2. The van der Waals surface area contributed by atoms with Crippen LogP contribution in [0.5, 0.6) is 0 Å². The van der Waals surface area contributed by atoms with Crippen molar-refractivity contribution in [1.82, 2.24) is 4.90 Å². The fourth-order valence-electron chi connectivity index (χ4n) is 4.18. The fourth-order valence-corrected chi connectivity index (χ4v) is 4.18. The number of nitrogens with one attached hydrogen (secondary N) is 1. The molecule has 1 aromatic rings. The van der Waals surface area contributed by atoms with Gasteiger partial charge in [-0.25, -0.2) is 0 Å². The molecule has 2 aliphatic rings. The molecule has 150 valence electrons. The lowest BCUT2D eigenvalue weighted by molar-refractivity contribution is -0.148. The molecule has 3 rings (SSSR count). The van der Waals surface area contributed by atoms with E-state index < -0.39 is 10.9 Å². The van der Waals surface area contributed by atoms with Gasteiger partial charge in [-0.15, -0.1) is 0 Å². The maximum Gasteiger partial charge on any atom is 0.310 e. The van der Waals surface area contributed by atoms with Crippen LogP contribution in [0.2, 0.25) is 0 Å². The Morgan fingerprint density at radius 1 is 1.07 bits per heavy atom. The van der Waals surface area contributed by atoms with E-state index in [1.807, 2.05) is 4.90 Å². The zero-order valence-electron chi connectivity index (χ0n) is 16.3. The summed E-state index contributed by atoms with van der Waals surface area (Å²) in [5, 5.41) is 3.19. The Morgan fingerprint density at radius 2 is 1.81 bits per heavy atom. The molecule has 27 heavy (non-hydrogen) atoms. The number of hydrogen-bond acceptors (Lipinski definition) is 7. The van der Waals surface area contributed by atoms with Crippen LogP contribution in [-0.4, -0.2) is 56.7 Å². The predicted octanol–water partition coefficient (Wildman–Crippen LogP) is 1.35. The van der Waals surface area contributed by atoms with E-state index in [1.165, 1.54) is 25.7 Å². The van der Waals surface area contributed by atoms with E-state index in [2.05, 4.69) is 10.2 Å². The molecule has 7 nitrogen and oxygen atoms in total. The molecular weight excluding hydrogens is 346 g/mol. The van der Waals surface area contributed by atoms with E-state index in [1.54, 1.807) is 6.92 Å². The number of piperidine rings is 1. The second kappa shape index (κ2) is 9.35. The molecule has 1 atom stereocenters. The molecule has 0 saturated carbocycles. The van der Waals surface area contributed by atoms with Crippen LogP contribution >= 0.6 is 0 Å². The molecule has 0 aliphatic carbocycles. The second-order valence-electron chi connectivity index (χ2n) is 7.60. The van der Waals surface area contributed by atoms with Gasteiger partial charge in [-0.3, -0.25) is 14.4 Å². The molecule has 0 radical (unpaired) electrons. The van der Waals surface area contributed by atoms with E-state index >= 15 is 0 Å². The van der Waals surface area contributed by atoms with Gasteiger partial charge in [0.25, 0.3) is 10.9 Å². The monoisotopic (exact) mass is 377 g/mol. The van der Waals surface area contributed by atoms with Crippen LogP contribution in [0.25, 0.3) is 0 Å². The molecule has 0 unspecified atom stereocenters. The fraction of sp³-hybridized carbons (Fsp3) is 0.750. The summed E-state index contributed by atoms with van der Waals surface area (Å²) in [5.74, 6) is -0.440. The molecule has 2 aliphatic heterocycles. The molecule has 2 fully saturated rings. The van der Waals surface area contributed by atoms with Crippen molar-refractivity contribution in [3.8, 4) is 0 Å². The van der Waals surface area contributed by atoms with Crippen molar-refractivity contribution in [2.45, 2.75) is 45.4 Å². The molecule has 1 aromatic carbocycles. The zero-order chi connectivity index (χ0) is 19.2. The Morgan fingerprint density at radius 3 is 2.52 bits per heavy atom. The number of rotatable bonds is 7. The van der Waals surface area contributed by atoms with Crippen LogP contribution in [0.15, 0.2) is 9.59 Å². The first-order chi connectivity index (χ1) is 13.1. The van der Waals surface area contributed by atoms with Gasteiger partial charge in [0.1, 0.15) is 11.4 Å². The Kier molecular flexibility index (Phi) is 6.88. The molecule has 2 saturated heterocycles. The number of likely N-dealkylation sites (tertiary alicyclic amines) is 1. The molecule has 0 bridgehead atoms. The Labute approximate surface area is 160 Å². The van der Waals surface area contributed by atoms with Gasteiger partial charge in [0.2, 0.25) is 0 Å². The van der Waals surface area contributed by atoms with Crippen molar-refractivity contribution in [2.75, 3.05) is 56.1 Å². The lowest BCUT2D eigenvalue weighted by Crippen LogP contribution is -2.48. The standard InChI is InChI=1S/C20H31N3O4/c1-2-27-20(26)15-8-7-12-23(14-15)17-16(18(24)19(17)25)21-9-13-22-10-5-3-4-6-11-22/h15,21H,2-14H2,1H3/t15-/m0/s1. The molecule has 0 aromatic heterocycles. The molecule has 1 N–H and O–H groups in total. The third-order valence-corrected chi connectivity index (χ3v) is 5.67. The van der Waals surface area contributed by atoms with Crippen molar-refractivity contribution in [3.63, 3.8) is 0 Å². The van der Waals surface area contributed by atoms with Gasteiger partial charge in [0, 0.05) is 26.2 Å². The summed E-state index contributed by atoms with van der Waals surface area (Å²) in [6.07, 6.45) is 6.63. The van der Waals surface area contributed by atoms with Crippen molar-refractivity contribution >= 4 is 17.3 Å². The smallest absolute Gasteiger partial charge is 0.310 e. The number of carbonyl (C=O) groups excluding carboxylic acids is 1. The molecule has 2 heterocycles. The molecule has 7 heteroatoms. The minimum Gasteiger partial charge on any atom is -0.466 e. The van der Waals surface area contributed by atoms with Gasteiger partial charge < -0.3 is 19.9 Å². The number of carbonyl (C=O) groups is 1. The van der Waals surface area contributed by atoms with E-state index in [0.29, 0.717) is 37.6 Å². The third-order valence-electron chi connectivity index (χ3n) is 5.67.